The van der Waals surface area contributed by atoms with Crippen LogP contribution in [0.2, 0.25) is 0 Å². The summed E-state index contributed by atoms with van der Waals surface area (Å²) in [5.41, 5.74) is 0.00148. The van der Waals surface area contributed by atoms with Crippen LogP contribution in [-0.4, -0.2) is 31.8 Å². The quantitative estimate of drug-likeness (QED) is 0.588. The second-order valence-corrected chi connectivity index (χ2v) is 16.8. The Morgan fingerprint density at radius 3 is 1.91 bits per heavy atom. The van der Waals surface area contributed by atoms with Crippen LogP contribution in [0, 0.1) is 0 Å². The average molecular weight is 290 g/mol. The van der Waals surface area contributed by atoms with Crippen LogP contribution < -0.4 is 0 Å². The van der Waals surface area contributed by atoms with Crippen molar-refractivity contribution in [3.05, 3.63) is 0 Å². The molecule has 0 amide bonds. The third-order valence-electron chi connectivity index (χ3n) is 2.32. The first-order valence-corrected chi connectivity index (χ1v) is 9.54. The van der Waals surface area contributed by atoms with E-state index in [1.54, 1.807) is 0 Å². The van der Waals surface area contributed by atoms with E-state index in [1.165, 1.54) is 7.11 Å². The van der Waals surface area contributed by atoms with Crippen molar-refractivity contribution in [1.82, 2.24) is 0 Å². The molecule has 0 saturated heterocycles. The maximum absolute atomic E-state index is 11.4. The normalized spacial score (nSPS) is 15.2. The number of ether oxygens (including phenoxy) is 1. The molecule has 0 rings (SSSR count). The third-order valence-corrected chi connectivity index (χ3v) is 12.1. The maximum atomic E-state index is 11.4. The third kappa shape index (κ3) is 2.28. The number of hydrogen-bond donors (Lipinski definition) is 0. The summed E-state index contributed by atoms with van der Waals surface area (Å²) in [5.74, 6) is 0. The van der Waals surface area contributed by atoms with Gasteiger partial charge in [-0.2, -0.15) is 0 Å². The molecule has 4 heteroatoms. The average Bonchev–Trinajstić information content (AvgIpc) is 2.03. The van der Waals surface area contributed by atoms with Crippen LogP contribution in [0.4, 0.5) is 4.79 Å². The Kier molecular flexibility index (Phi) is 3.77. The number of carbonyl (C=O) groups is 1. The standard InChI is InChI=1S/C7H16IO2P/c1-5-11(4,8,6-2)7(9)10-3/h5-6H2,1-4H3. The van der Waals surface area contributed by atoms with Gasteiger partial charge >= 0.3 is 81.5 Å². The number of halogens is 1. The van der Waals surface area contributed by atoms with Crippen molar-refractivity contribution < 1.29 is 9.53 Å². The van der Waals surface area contributed by atoms with E-state index in [0.29, 0.717) is 0 Å². The first kappa shape index (κ1) is 11.6. The molecule has 0 saturated carbocycles. The van der Waals surface area contributed by atoms with Crippen molar-refractivity contribution in [2.75, 3.05) is 26.1 Å². The molecule has 0 aromatic carbocycles. The van der Waals surface area contributed by atoms with Gasteiger partial charge in [0.15, 0.2) is 0 Å². The van der Waals surface area contributed by atoms with E-state index in [1.807, 2.05) is 0 Å². The molecule has 0 bridgehead atoms. The Hall–Kier alpha value is 0.630. The van der Waals surface area contributed by atoms with Crippen molar-refractivity contribution in [2.45, 2.75) is 13.8 Å². The Morgan fingerprint density at radius 1 is 1.45 bits per heavy atom. The van der Waals surface area contributed by atoms with Gasteiger partial charge in [0.1, 0.15) is 0 Å². The van der Waals surface area contributed by atoms with E-state index in [-0.39, 0.29) is 5.71 Å². The molecule has 11 heavy (non-hydrogen) atoms. The summed E-state index contributed by atoms with van der Waals surface area (Å²) >= 11 is 2.32. The second-order valence-electron chi connectivity index (χ2n) is 2.99. The fraction of sp³-hybridized carbons (Fsp3) is 0.857. The van der Waals surface area contributed by atoms with Gasteiger partial charge < -0.3 is 0 Å². The van der Waals surface area contributed by atoms with Crippen molar-refractivity contribution in [3.8, 4) is 0 Å². The van der Waals surface area contributed by atoms with E-state index < -0.39 is 4.25 Å². The molecule has 0 aliphatic heterocycles. The van der Waals surface area contributed by atoms with Crippen LogP contribution in [0.1, 0.15) is 13.8 Å². The topological polar surface area (TPSA) is 26.3 Å². The van der Waals surface area contributed by atoms with Crippen molar-refractivity contribution >= 4 is 32.0 Å². The molecule has 0 aromatic heterocycles. The van der Waals surface area contributed by atoms with Crippen molar-refractivity contribution in [2.24, 2.45) is 0 Å². The van der Waals surface area contributed by atoms with Gasteiger partial charge in [-0.15, -0.1) is 0 Å². The van der Waals surface area contributed by atoms with Gasteiger partial charge in [-0.1, -0.05) is 0 Å². The summed E-state index contributed by atoms with van der Waals surface area (Å²) in [6.07, 6.45) is 1.85. The summed E-state index contributed by atoms with van der Waals surface area (Å²) in [6.45, 7) is 6.19. The van der Waals surface area contributed by atoms with Crippen LogP contribution in [0.5, 0.6) is 0 Å². The summed E-state index contributed by atoms with van der Waals surface area (Å²) < 4.78 is 2.66. The first-order chi connectivity index (χ1) is 4.89. The Bertz CT molecular complexity index is 160. The zero-order valence-electron chi connectivity index (χ0n) is 7.56. The molecule has 0 N–H and O–H groups in total. The van der Waals surface area contributed by atoms with Gasteiger partial charge in [-0.3, -0.25) is 0 Å². The fourth-order valence-corrected chi connectivity index (χ4v) is 2.80. The Balaban J connectivity index is 4.72. The number of carbonyl (C=O) groups excluding carboxylic acids is 1. The van der Waals surface area contributed by atoms with E-state index in [4.69, 9.17) is 4.74 Å². The van der Waals surface area contributed by atoms with Crippen molar-refractivity contribution in [1.29, 1.82) is 0 Å². The van der Waals surface area contributed by atoms with Crippen LogP contribution in [0.25, 0.3) is 0 Å². The summed E-state index contributed by atoms with van der Waals surface area (Å²) in [5, 5.41) is 0. The van der Waals surface area contributed by atoms with Crippen LogP contribution >= 0.6 is 26.3 Å². The number of hydrogen-bond acceptors (Lipinski definition) is 2. The van der Waals surface area contributed by atoms with Crippen LogP contribution in [0.3, 0.4) is 0 Å². The zero-order valence-corrected chi connectivity index (χ0v) is 10.6. The molecule has 0 fully saturated rings. The second kappa shape index (κ2) is 3.56. The minimum atomic E-state index is -2.16. The Morgan fingerprint density at radius 2 is 1.82 bits per heavy atom. The molecule has 0 aromatic rings. The van der Waals surface area contributed by atoms with Crippen LogP contribution in [0.15, 0.2) is 0 Å². The molecule has 2 nitrogen and oxygen atoms in total. The van der Waals surface area contributed by atoms with E-state index in [9.17, 15) is 4.79 Å². The summed E-state index contributed by atoms with van der Waals surface area (Å²) in [4.78, 5) is 11.4. The molecule has 68 valence electrons. The molecule has 0 spiro atoms. The first-order valence-electron chi connectivity index (χ1n) is 3.70. The van der Waals surface area contributed by atoms with Gasteiger partial charge in [-0.05, 0) is 0 Å². The van der Waals surface area contributed by atoms with Gasteiger partial charge in [0.05, 0.1) is 0 Å². The van der Waals surface area contributed by atoms with Crippen molar-refractivity contribution in [3.63, 3.8) is 0 Å². The van der Waals surface area contributed by atoms with Gasteiger partial charge in [-0.25, -0.2) is 0 Å². The molecule has 0 atom stereocenters. The van der Waals surface area contributed by atoms with E-state index in [0.717, 1.165) is 12.3 Å². The molecular formula is C7H16IO2P. The van der Waals surface area contributed by atoms with Crippen LogP contribution in [-0.2, 0) is 4.74 Å². The van der Waals surface area contributed by atoms with Gasteiger partial charge in [0.25, 0.3) is 0 Å². The fourth-order valence-electron chi connectivity index (χ4n) is 0.737. The molecule has 0 aliphatic carbocycles. The molecule has 0 unspecified atom stereocenters. The SMILES string of the molecule is CCP(C)(I)(CC)C(=O)OC. The number of methoxy groups -OCH3 is 1. The van der Waals surface area contributed by atoms with E-state index in [2.05, 4.69) is 42.6 Å². The monoisotopic (exact) mass is 290 g/mol. The van der Waals surface area contributed by atoms with E-state index >= 15 is 0 Å². The van der Waals surface area contributed by atoms with Gasteiger partial charge in [0.2, 0.25) is 0 Å². The molecule has 0 heterocycles. The number of rotatable bonds is 3. The molecule has 0 aliphatic rings. The molecular weight excluding hydrogens is 274 g/mol. The summed E-state index contributed by atoms with van der Waals surface area (Å²) in [7, 11) is 1.47. The Labute approximate surface area is 81.5 Å². The minimum absolute atomic E-state index is 0.00148. The predicted octanol–water partition coefficient (Wildman–Crippen LogP) is 3.33. The molecule has 0 radical (unpaired) electrons. The summed E-state index contributed by atoms with van der Waals surface area (Å²) in [6, 6.07) is 0. The van der Waals surface area contributed by atoms with Gasteiger partial charge in [0, 0.05) is 0 Å². The predicted molar refractivity (Wildman–Crippen MR) is 60.4 cm³/mol. The zero-order chi connectivity index (χ0) is 9.15.